The predicted molar refractivity (Wildman–Crippen MR) is 114 cm³/mol. The molecule has 8 heteroatoms. The highest BCUT2D eigenvalue weighted by molar-refractivity contribution is 5.94. The van der Waals surface area contributed by atoms with Crippen molar-refractivity contribution in [3.8, 4) is 17.1 Å². The van der Waals surface area contributed by atoms with Crippen LogP contribution in [0.25, 0.3) is 11.4 Å². The number of nitrogens with zero attached hydrogens (tertiary/aromatic N) is 3. The van der Waals surface area contributed by atoms with Crippen molar-refractivity contribution in [1.29, 1.82) is 0 Å². The molecule has 1 aliphatic rings. The minimum Gasteiger partial charge on any atom is -0.496 e. The zero-order valence-corrected chi connectivity index (χ0v) is 17.8. The van der Waals surface area contributed by atoms with Gasteiger partial charge in [-0.2, -0.15) is 0 Å². The molecule has 2 heterocycles. The van der Waals surface area contributed by atoms with Crippen LogP contribution in [0.1, 0.15) is 27.3 Å². The van der Waals surface area contributed by atoms with Gasteiger partial charge in [-0.15, -0.1) is 0 Å². The van der Waals surface area contributed by atoms with E-state index in [4.69, 9.17) is 14.6 Å². The SMILES string of the molecule is CONC(=O)c1cccc(-c2nc3c(n2C)CN(Cc2cc(F)ccc2OC)CC3)c1. The number of hydroxylamine groups is 1. The summed E-state index contributed by atoms with van der Waals surface area (Å²) in [5, 5.41) is 0. The lowest BCUT2D eigenvalue weighted by Crippen LogP contribution is -2.31. The maximum absolute atomic E-state index is 13.7. The first-order chi connectivity index (χ1) is 15.0. The van der Waals surface area contributed by atoms with Gasteiger partial charge in [0.1, 0.15) is 17.4 Å². The molecule has 0 saturated heterocycles. The monoisotopic (exact) mass is 424 g/mol. The lowest BCUT2D eigenvalue weighted by molar-refractivity contribution is 0.0537. The minimum absolute atomic E-state index is 0.270. The third-order valence-electron chi connectivity index (χ3n) is 5.55. The molecule has 0 radical (unpaired) electrons. The number of halogens is 1. The van der Waals surface area contributed by atoms with Gasteiger partial charge < -0.3 is 9.30 Å². The van der Waals surface area contributed by atoms with E-state index in [0.717, 1.165) is 41.3 Å². The van der Waals surface area contributed by atoms with Crippen LogP contribution in [-0.2, 0) is 31.4 Å². The van der Waals surface area contributed by atoms with Crippen molar-refractivity contribution in [1.82, 2.24) is 19.9 Å². The second-order valence-electron chi connectivity index (χ2n) is 7.52. The molecule has 0 unspecified atom stereocenters. The van der Waals surface area contributed by atoms with Crippen LogP contribution in [-0.4, -0.2) is 41.1 Å². The summed E-state index contributed by atoms with van der Waals surface area (Å²) >= 11 is 0. The molecule has 2 aromatic carbocycles. The summed E-state index contributed by atoms with van der Waals surface area (Å²) in [6, 6.07) is 11.9. The molecule has 0 bridgehead atoms. The fourth-order valence-corrected chi connectivity index (χ4v) is 4.00. The fourth-order valence-electron chi connectivity index (χ4n) is 4.00. The number of benzene rings is 2. The van der Waals surface area contributed by atoms with Crippen LogP contribution in [0.15, 0.2) is 42.5 Å². The Labute approximate surface area is 180 Å². The number of nitrogens with one attached hydrogen (secondary N) is 1. The van der Waals surface area contributed by atoms with Gasteiger partial charge in [0.15, 0.2) is 0 Å². The second kappa shape index (κ2) is 8.87. The van der Waals surface area contributed by atoms with Crippen LogP contribution in [0.5, 0.6) is 5.75 Å². The molecule has 0 aliphatic carbocycles. The lowest BCUT2D eigenvalue weighted by Gasteiger charge is -2.27. The maximum atomic E-state index is 13.7. The molecule has 7 nitrogen and oxygen atoms in total. The van der Waals surface area contributed by atoms with E-state index in [2.05, 4.69) is 14.9 Å². The van der Waals surface area contributed by atoms with Crippen molar-refractivity contribution in [2.75, 3.05) is 20.8 Å². The quantitative estimate of drug-likeness (QED) is 0.616. The number of methoxy groups -OCH3 is 1. The molecule has 162 valence electrons. The molecule has 0 saturated carbocycles. The number of aromatic nitrogens is 2. The summed E-state index contributed by atoms with van der Waals surface area (Å²) < 4.78 is 21.2. The van der Waals surface area contributed by atoms with E-state index in [-0.39, 0.29) is 11.7 Å². The van der Waals surface area contributed by atoms with Gasteiger partial charge in [0.25, 0.3) is 5.91 Å². The summed E-state index contributed by atoms with van der Waals surface area (Å²) in [6.07, 6.45) is 0.796. The Bertz CT molecular complexity index is 1110. The summed E-state index contributed by atoms with van der Waals surface area (Å²) in [7, 11) is 4.98. The van der Waals surface area contributed by atoms with Gasteiger partial charge in [-0.25, -0.2) is 14.9 Å². The average Bonchev–Trinajstić information content (AvgIpc) is 3.10. The summed E-state index contributed by atoms with van der Waals surface area (Å²) in [6.45, 7) is 2.11. The van der Waals surface area contributed by atoms with Crippen LogP contribution in [0.3, 0.4) is 0 Å². The second-order valence-corrected chi connectivity index (χ2v) is 7.52. The molecule has 4 rings (SSSR count). The van der Waals surface area contributed by atoms with Crippen molar-refractivity contribution >= 4 is 5.91 Å². The molecule has 1 aliphatic heterocycles. The Morgan fingerprint density at radius 3 is 2.84 bits per heavy atom. The van der Waals surface area contributed by atoms with Crippen LogP contribution < -0.4 is 10.2 Å². The number of imidazole rings is 1. The van der Waals surface area contributed by atoms with E-state index in [1.807, 2.05) is 19.2 Å². The molecule has 1 N–H and O–H groups in total. The van der Waals surface area contributed by atoms with Crippen molar-refractivity contribution in [2.24, 2.45) is 7.05 Å². The first kappa shape index (κ1) is 21.0. The topological polar surface area (TPSA) is 68.6 Å². The van der Waals surface area contributed by atoms with Crippen LogP contribution >= 0.6 is 0 Å². The molecule has 31 heavy (non-hydrogen) atoms. The van der Waals surface area contributed by atoms with Gasteiger partial charge in [-0.1, -0.05) is 12.1 Å². The minimum atomic E-state index is -0.307. The first-order valence-electron chi connectivity index (χ1n) is 10.0. The fraction of sp³-hybridized carbons (Fsp3) is 0.304. The summed E-state index contributed by atoms with van der Waals surface area (Å²) in [4.78, 5) is 23.9. The van der Waals surface area contributed by atoms with Gasteiger partial charge in [-0.3, -0.25) is 14.5 Å². The zero-order chi connectivity index (χ0) is 22.0. The Hall–Kier alpha value is -3.23. The van der Waals surface area contributed by atoms with E-state index in [1.165, 1.54) is 19.2 Å². The normalized spacial score (nSPS) is 13.7. The highest BCUT2D eigenvalue weighted by atomic mass is 19.1. The molecule has 0 spiro atoms. The van der Waals surface area contributed by atoms with E-state index < -0.39 is 0 Å². The third kappa shape index (κ3) is 4.30. The van der Waals surface area contributed by atoms with Crippen LogP contribution in [0.2, 0.25) is 0 Å². The summed E-state index contributed by atoms with van der Waals surface area (Å²) in [5.74, 6) is 0.915. The molecular weight excluding hydrogens is 399 g/mol. The van der Waals surface area contributed by atoms with Gasteiger partial charge in [0.05, 0.1) is 25.6 Å². The molecule has 1 amide bonds. The Balaban J connectivity index is 1.58. The largest absolute Gasteiger partial charge is 0.496 e. The Morgan fingerprint density at radius 2 is 2.06 bits per heavy atom. The van der Waals surface area contributed by atoms with Crippen molar-refractivity contribution < 1.29 is 18.8 Å². The number of carbonyl (C=O) groups excluding carboxylic acids is 1. The number of hydrogen-bond donors (Lipinski definition) is 1. The van der Waals surface area contributed by atoms with E-state index in [1.54, 1.807) is 25.3 Å². The molecule has 0 fully saturated rings. The number of hydrogen-bond acceptors (Lipinski definition) is 5. The highest BCUT2D eigenvalue weighted by Gasteiger charge is 2.24. The van der Waals surface area contributed by atoms with Gasteiger partial charge in [0.2, 0.25) is 0 Å². The van der Waals surface area contributed by atoms with Gasteiger partial charge >= 0.3 is 0 Å². The van der Waals surface area contributed by atoms with Crippen molar-refractivity contribution in [3.63, 3.8) is 0 Å². The first-order valence-corrected chi connectivity index (χ1v) is 10.0. The summed E-state index contributed by atoms with van der Waals surface area (Å²) in [5.41, 5.74) is 6.68. The van der Waals surface area contributed by atoms with Crippen molar-refractivity contribution in [2.45, 2.75) is 19.5 Å². The van der Waals surface area contributed by atoms with E-state index >= 15 is 0 Å². The number of ether oxygens (including phenoxy) is 1. The molecule has 0 atom stereocenters. The van der Waals surface area contributed by atoms with Crippen LogP contribution in [0, 0.1) is 5.82 Å². The van der Waals surface area contributed by atoms with Crippen molar-refractivity contribution in [3.05, 3.63) is 70.8 Å². The van der Waals surface area contributed by atoms with E-state index in [9.17, 15) is 9.18 Å². The Morgan fingerprint density at radius 1 is 1.23 bits per heavy atom. The lowest BCUT2D eigenvalue weighted by atomic mass is 10.1. The number of rotatable bonds is 6. The Kier molecular flexibility index (Phi) is 6.01. The number of amides is 1. The third-order valence-corrected chi connectivity index (χ3v) is 5.55. The van der Waals surface area contributed by atoms with Gasteiger partial charge in [0, 0.05) is 49.8 Å². The van der Waals surface area contributed by atoms with E-state index in [0.29, 0.717) is 24.4 Å². The molecule has 1 aromatic heterocycles. The standard InChI is InChI=1S/C23H25FN4O3/c1-27-20-14-28(13-17-12-18(24)7-8-21(17)30-2)10-9-19(20)25-22(27)15-5-4-6-16(11-15)23(29)26-31-3/h4-8,11-12H,9-10,13-14H2,1-3H3,(H,26,29). The maximum Gasteiger partial charge on any atom is 0.274 e. The average molecular weight is 424 g/mol. The van der Waals surface area contributed by atoms with Crippen LogP contribution in [0.4, 0.5) is 4.39 Å². The number of fused-ring (bicyclic) bond motifs is 1. The van der Waals surface area contributed by atoms with Gasteiger partial charge in [-0.05, 0) is 30.3 Å². The highest BCUT2D eigenvalue weighted by Crippen LogP contribution is 2.28. The molecular formula is C23H25FN4O3. The molecule has 3 aromatic rings. The predicted octanol–water partition coefficient (Wildman–Crippen LogP) is 3.08. The smallest absolute Gasteiger partial charge is 0.274 e. The zero-order valence-electron chi connectivity index (χ0n) is 17.8. The number of carbonyl (C=O) groups is 1.